The molecular formula is C38H26N6OS. The van der Waals surface area contributed by atoms with Crippen LogP contribution >= 0.6 is 11.8 Å². The number of rotatable bonds is 2. The van der Waals surface area contributed by atoms with Crippen molar-refractivity contribution in [3.8, 4) is 11.5 Å². The van der Waals surface area contributed by atoms with Gasteiger partial charge >= 0.3 is 0 Å². The van der Waals surface area contributed by atoms with Gasteiger partial charge in [0.25, 0.3) is 0 Å². The van der Waals surface area contributed by atoms with E-state index in [0.717, 1.165) is 79.3 Å². The Balaban J connectivity index is 1.40. The molecule has 0 unspecified atom stereocenters. The fourth-order valence-corrected chi connectivity index (χ4v) is 8.07. The van der Waals surface area contributed by atoms with E-state index in [9.17, 15) is 0 Å². The highest BCUT2D eigenvalue weighted by Gasteiger charge is 2.31. The molecule has 0 atom stereocenters. The van der Waals surface area contributed by atoms with E-state index in [4.69, 9.17) is 14.7 Å². The smallest absolute Gasteiger partial charge is 0.181 e. The first-order chi connectivity index (χ1) is 22.7. The lowest BCUT2D eigenvalue weighted by Crippen LogP contribution is -2.19. The zero-order chi connectivity index (χ0) is 30.5. The summed E-state index contributed by atoms with van der Waals surface area (Å²) in [6.07, 6.45) is 3.87. The van der Waals surface area contributed by atoms with E-state index in [1.807, 2.05) is 48.4 Å². The van der Waals surface area contributed by atoms with Gasteiger partial charge in [-0.2, -0.15) is 0 Å². The molecule has 0 bridgehead atoms. The van der Waals surface area contributed by atoms with Gasteiger partial charge in [-0.3, -0.25) is 8.80 Å². The van der Waals surface area contributed by atoms with Crippen LogP contribution in [-0.4, -0.2) is 18.8 Å². The second-order valence-corrected chi connectivity index (χ2v) is 12.8. The van der Waals surface area contributed by atoms with Crippen molar-refractivity contribution in [1.82, 2.24) is 18.8 Å². The monoisotopic (exact) mass is 614 g/mol. The van der Waals surface area contributed by atoms with Gasteiger partial charge < -0.3 is 14.5 Å². The number of fused-ring (bicyclic) bond motifs is 10. The van der Waals surface area contributed by atoms with E-state index in [1.165, 1.54) is 9.79 Å². The number of benzene rings is 5. The zero-order valence-electron chi connectivity index (χ0n) is 25.0. The number of nitrogens with zero attached hydrogens (tertiary/aromatic N) is 6. The van der Waals surface area contributed by atoms with Crippen LogP contribution in [0.15, 0.2) is 131 Å². The number of anilines is 6. The Morgan fingerprint density at radius 2 is 1.07 bits per heavy atom. The van der Waals surface area contributed by atoms with E-state index in [0.29, 0.717) is 0 Å². The molecule has 10 rings (SSSR count). The summed E-state index contributed by atoms with van der Waals surface area (Å²) in [6, 6.07) is 38.4. The van der Waals surface area contributed by atoms with Gasteiger partial charge in [0, 0.05) is 33.6 Å². The summed E-state index contributed by atoms with van der Waals surface area (Å²) in [5, 5.41) is 0. The highest BCUT2D eigenvalue weighted by atomic mass is 32.2. The maximum absolute atomic E-state index is 6.46. The predicted octanol–water partition coefficient (Wildman–Crippen LogP) is 10.3. The van der Waals surface area contributed by atoms with Crippen LogP contribution in [0.25, 0.3) is 22.3 Å². The van der Waals surface area contributed by atoms with E-state index in [2.05, 4.69) is 117 Å². The quantitative estimate of drug-likeness (QED) is 0.193. The standard InChI is InChI=1S/C38H26N6OS/c1-23-21-39-37-38-40-22-24(2)42(38)36-30(41(23)37)19-25(43-28-13-5-9-17-34(28)46-35-18-10-6-14-29(35)43)20-31(36)44-26-11-3-7-15-32(26)45-33-16-8-4-12-27(33)44/h3-22H,1-2H3. The SMILES string of the molecule is Cc1cnc2c3ncc(C)n3c3c(N4c5ccccc5Oc5ccccc54)cc(N4c5ccccc5Sc5ccccc54)cc3n12. The number of aromatic nitrogens is 4. The van der Waals surface area contributed by atoms with Crippen LogP contribution in [0.2, 0.25) is 0 Å². The fourth-order valence-electron chi connectivity index (χ4n) is 7.01. The summed E-state index contributed by atoms with van der Waals surface area (Å²) in [6.45, 7) is 4.22. The largest absolute Gasteiger partial charge is 0.453 e. The normalized spacial score (nSPS) is 13.4. The highest BCUT2D eigenvalue weighted by molar-refractivity contribution is 7.99. The predicted molar refractivity (Wildman–Crippen MR) is 184 cm³/mol. The molecule has 7 nitrogen and oxygen atoms in total. The van der Waals surface area contributed by atoms with Gasteiger partial charge in [0.1, 0.15) is 0 Å². The van der Waals surface area contributed by atoms with E-state index in [1.54, 1.807) is 0 Å². The van der Waals surface area contributed by atoms with E-state index >= 15 is 0 Å². The summed E-state index contributed by atoms with van der Waals surface area (Å²) in [7, 11) is 0. The summed E-state index contributed by atoms with van der Waals surface area (Å²) in [5.74, 6) is 1.62. The Morgan fingerprint density at radius 1 is 0.543 bits per heavy atom. The van der Waals surface area contributed by atoms with Crippen LogP contribution in [0, 0.1) is 13.8 Å². The number of hydrogen-bond donors (Lipinski definition) is 0. The van der Waals surface area contributed by atoms with Crippen molar-refractivity contribution < 1.29 is 4.74 Å². The lowest BCUT2D eigenvalue weighted by atomic mass is 10.1. The zero-order valence-corrected chi connectivity index (χ0v) is 25.9. The fraction of sp³-hybridized carbons (Fsp3) is 0.0526. The number of aryl methyl sites for hydroxylation is 2. The summed E-state index contributed by atoms with van der Waals surface area (Å²) in [4.78, 5) is 16.9. The molecule has 0 amide bonds. The molecule has 0 saturated heterocycles. The van der Waals surface area contributed by atoms with Gasteiger partial charge in [-0.1, -0.05) is 60.3 Å². The van der Waals surface area contributed by atoms with Gasteiger partial charge in [-0.25, -0.2) is 9.97 Å². The summed E-state index contributed by atoms with van der Waals surface area (Å²) < 4.78 is 11.0. The first kappa shape index (κ1) is 25.6. The first-order valence-corrected chi connectivity index (χ1v) is 16.1. The van der Waals surface area contributed by atoms with Gasteiger partial charge in [-0.15, -0.1) is 0 Å². The van der Waals surface area contributed by atoms with Crippen molar-refractivity contribution in [1.29, 1.82) is 0 Å². The molecule has 5 aromatic carbocycles. The summed E-state index contributed by atoms with van der Waals surface area (Å²) in [5.41, 5.74) is 12.1. The Hall–Kier alpha value is -5.73. The number of imidazole rings is 2. The molecule has 8 heteroatoms. The molecule has 8 aromatic rings. The number of para-hydroxylation sites is 6. The lowest BCUT2D eigenvalue weighted by Gasteiger charge is -2.36. The Bertz CT molecular complexity index is 2460. The van der Waals surface area contributed by atoms with E-state index in [-0.39, 0.29) is 0 Å². The molecule has 46 heavy (non-hydrogen) atoms. The minimum absolute atomic E-state index is 0.809. The second-order valence-electron chi connectivity index (χ2n) is 11.7. The lowest BCUT2D eigenvalue weighted by molar-refractivity contribution is 0.477. The third kappa shape index (κ3) is 3.44. The van der Waals surface area contributed by atoms with Crippen molar-refractivity contribution in [3.63, 3.8) is 0 Å². The van der Waals surface area contributed by atoms with Gasteiger partial charge in [-0.05, 0) is 74.5 Å². The third-order valence-corrected chi connectivity index (χ3v) is 10.1. The van der Waals surface area contributed by atoms with Crippen LogP contribution in [0.4, 0.5) is 34.1 Å². The molecule has 3 aromatic heterocycles. The molecule has 0 saturated carbocycles. The molecule has 5 heterocycles. The van der Waals surface area contributed by atoms with Crippen LogP contribution in [0.5, 0.6) is 11.5 Å². The maximum Gasteiger partial charge on any atom is 0.181 e. The molecule has 0 aliphatic carbocycles. The molecular weight excluding hydrogens is 589 g/mol. The Kier molecular flexibility index (Phi) is 5.22. The van der Waals surface area contributed by atoms with Crippen molar-refractivity contribution in [2.24, 2.45) is 0 Å². The third-order valence-electron chi connectivity index (χ3n) is 8.96. The summed E-state index contributed by atoms with van der Waals surface area (Å²) >= 11 is 1.81. The number of ether oxygens (including phenoxy) is 1. The van der Waals surface area contributed by atoms with Crippen LogP contribution in [0.1, 0.15) is 11.4 Å². The highest BCUT2D eigenvalue weighted by Crippen LogP contribution is 2.55. The van der Waals surface area contributed by atoms with E-state index < -0.39 is 0 Å². The van der Waals surface area contributed by atoms with Gasteiger partial charge in [0.2, 0.25) is 0 Å². The van der Waals surface area contributed by atoms with Crippen molar-refractivity contribution in [2.75, 3.05) is 9.80 Å². The molecule has 2 aliphatic heterocycles. The second kappa shape index (κ2) is 9.39. The van der Waals surface area contributed by atoms with Gasteiger partial charge in [0.05, 0.1) is 45.2 Å². The van der Waals surface area contributed by atoms with Crippen molar-refractivity contribution >= 4 is 68.2 Å². The Morgan fingerprint density at radius 3 is 1.70 bits per heavy atom. The number of hydrogen-bond acceptors (Lipinski definition) is 6. The van der Waals surface area contributed by atoms with Crippen LogP contribution < -0.4 is 14.5 Å². The minimum Gasteiger partial charge on any atom is -0.453 e. The molecule has 2 aliphatic rings. The maximum atomic E-state index is 6.46. The molecule has 220 valence electrons. The molecule has 0 fully saturated rings. The van der Waals surface area contributed by atoms with Crippen LogP contribution in [0.3, 0.4) is 0 Å². The molecule has 0 radical (unpaired) electrons. The van der Waals surface area contributed by atoms with Crippen LogP contribution in [-0.2, 0) is 0 Å². The first-order valence-electron chi connectivity index (χ1n) is 15.3. The molecule has 0 spiro atoms. The Labute approximate surface area is 268 Å². The average Bonchev–Trinajstić information content (AvgIpc) is 3.68. The average molecular weight is 615 g/mol. The topological polar surface area (TPSA) is 50.3 Å². The van der Waals surface area contributed by atoms with Gasteiger partial charge in [0.15, 0.2) is 22.8 Å². The minimum atomic E-state index is 0.809. The van der Waals surface area contributed by atoms with Crippen molar-refractivity contribution in [2.45, 2.75) is 23.6 Å². The molecule has 0 N–H and O–H groups in total. The van der Waals surface area contributed by atoms with Crippen molar-refractivity contribution in [3.05, 3.63) is 133 Å².